The van der Waals surface area contributed by atoms with E-state index in [4.69, 9.17) is 9.47 Å². The fourth-order valence-corrected chi connectivity index (χ4v) is 5.27. The Kier molecular flexibility index (Phi) is 4.77. The topological polar surface area (TPSA) is 18.5 Å². The maximum Gasteiger partial charge on any atom is 0.131 e. The lowest BCUT2D eigenvalue weighted by atomic mass is 9.77. The van der Waals surface area contributed by atoms with Crippen LogP contribution in [0.2, 0.25) is 0 Å². The molecule has 2 nitrogen and oxygen atoms in total. The molecule has 4 rings (SSSR count). The largest absolute Gasteiger partial charge is 0.496 e. The fourth-order valence-electron chi connectivity index (χ4n) is 5.27. The molecule has 0 spiro atoms. The Labute approximate surface area is 169 Å². The molecule has 2 aromatic rings. The lowest BCUT2D eigenvalue weighted by molar-refractivity contribution is 0.199. The van der Waals surface area contributed by atoms with E-state index in [-0.39, 0.29) is 6.10 Å². The van der Waals surface area contributed by atoms with Crippen LogP contribution in [0.5, 0.6) is 11.5 Å². The smallest absolute Gasteiger partial charge is 0.131 e. The number of ether oxygens (including phenoxy) is 2. The van der Waals surface area contributed by atoms with Crippen molar-refractivity contribution >= 4 is 0 Å². The zero-order valence-corrected chi connectivity index (χ0v) is 17.9. The summed E-state index contributed by atoms with van der Waals surface area (Å²) < 4.78 is 12.3. The fraction of sp³-hybridized carbons (Fsp3) is 0.462. The molecule has 2 aromatic carbocycles. The second-order valence-electron chi connectivity index (χ2n) is 9.47. The van der Waals surface area contributed by atoms with Gasteiger partial charge in [0.05, 0.1) is 12.7 Å². The van der Waals surface area contributed by atoms with Crippen molar-refractivity contribution in [3.8, 4) is 22.6 Å². The molecule has 1 aliphatic heterocycles. The number of fused-ring (bicyclic) bond motifs is 5. The van der Waals surface area contributed by atoms with Crippen molar-refractivity contribution in [2.24, 2.45) is 5.41 Å². The van der Waals surface area contributed by atoms with E-state index in [0.29, 0.717) is 11.3 Å². The average Bonchev–Trinajstić information content (AvgIpc) is 2.75. The van der Waals surface area contributed by atoms with E-state index in [9.17, 15) is 0 Å². The van der Waals surface area contributed by atoms with E-state index in [1.807, 2.05) is 12.1 Å². The number of hydrogen-bond donors (Lipinski definition) is 0. The standard InChI is InChI=1S/C26H32O2/c1-16(2)14-22-25-19(24-20(27-6)8-7-9-21(24)28-22)11-10-18-12-13-26(4,5)15-17(3)23(18)25/h7-11,17,22H,1,12-15H2,2-6H3/t17-,22?/m0/s1. The number of hydrogen-bond acceptors (Lipinski definition) is 2. The van der Waals surface area contributed by atoms with Crippen LogP contribution >= 0.6 is 0 Å². The van der Waals surface area contributed by atoms with Gasteiger partial charge in [0.1, 0.15) is 17.6 Å². The number of methoxy groups -OCH3 is 1. The second kappa shape index (κ2) is 6.99. The van der Waals surface area contributed by atoms with Crippen molar-refractivity contribution in [1.29, 1.82) is 0 Å². The molecule has 148 valence electrons. The first kappa shape index (κ1) is 19.1. The maximum atomic E-state index is 6.58. The Morgan fingerprint density at radius 3 is 2.71 bits per heavy atom. The van der Waals surface area contributed by atoms with Crippen molar-refractivity contribution < 1.29 is 9.47 Å². The molecule has 0 N–H and O–H groups in total. The Morgan fingerprint density at radius 1 is 1.21 bits per heavy atom. The van der Waals surface area contributed by atoms with Gasteiger partial charge in [-0.25, -0.2) is 0 Å². The molecule has 1 unspecified atom stereocenters. The molecule has 0 saturated carbocycles. The Bertz CT molecular complexity index is 922. The molecule has 2 aliphatic rings. The van der Waals surface area contributed by atoms with E-state index < -0.39 is 0 Å². The van der Waals surface area contributed by atoms with Gasteiger partial charge in [-0.3, -0.25) is 0 Å². The van der Waals surface area contributed by atoms with Crippen molar-refractivity contribution in [2.75, 3.05) is 7.11 Å². The predicted octanol–water partition coefficient (Wildman–Crippen LogP) is 7.23. The highest BCUT2D eigenvalue weighted by Crippen LogP contribution is 2.53. The molecule has 0 aromatic heterocycles. The molecule has 0 amide bonds. The number of aryl methyl sites for hydroxylation is 1. The summed E-state index contributed by atoms with van der Waals surface area (Å²) in [5, 5.41) is 0. The monoisotopic (exact) mass is 376 g/mol. The molecule has 2 heteroatoms. The summed E-state index contributed by atoms with van der Waals surface area (Å²) >= 11 is 0. The zero-order valence-electron chi connectivity index (χ0n) is 17.9. The molecule has 1 heterocycles. The van der Waals surface area contributed by atoms with Crippen LogP contribution < -0.4 is 9.47 Å². The highest BCUT2D eigenvalue weighted by atomic mass is 16.5. The summed E-state index contributed by atoms with van der Waals surface area (Å²) in [4.78, 5) is 0. The molecule has 1 aliphatic carbocycles. The first-order chi connectivity index (χ1) is 13.3. The molecule has 0 radical (unpaired) electrons. The van der Waals surface area contributed by atoms with Crippen LogP contribution in [0.4, 0.5) is 0 Å². The van der Waals surface area contributed by atoms with Crippen LogP contribution in [0.3, 0.4) is 0 Å². The summed E-state index contributed by atoms with van der Waals surface area (Å²) in [5.41, 5.74) is 8.24. The van der Waals surface area contributed by atoms with Crippen LogP contribution in [0.1, 0.15) is 75.7 Å². The van der Waals surface area contributed by atoms with Gasteiger partial charge in [0.2, 0.25) is 0 Å². The summed E-state index contributed by atoms with van der Waals surface area (Å²) in [6.45, 7) is 13.5. The molecule has 0 fully saturated rings. The third-order valence-electron chi connectivity index (χ3n) is 6.40. The van der Waals surface area contributed by atoms with Gasteiger partial charge in [-0.15, -0.1) is 0 Å². The first-order valence-corrected chi connectivity index (χ1v) is 10.4. The Balaban J connectivity index is 1.97. The van der Waals surface area contributed by atoms with Crippen molar-refractivity contribution in [2.45, 2.75) is 65.4 Å². The van der Waals surface area contributed by atoms with Gasteiger partial charge in [-0.05, 0) is 66.3 Å². The average molecular weight is 377 g/mol. The summed E-state index contributed by atoms with van der Waals surface area (Å²) in [6.07, 6.45) is 4.43. The highest BCUT2D eigenvalue weighted by Gasteiger charge is 2.36. The van der Waals surface area contributed by atoms with Crippen LogP contribution in [0.15, 0.2) is 42.5 Å². The van der Waals surface area contributed by atoms with Gasteiger partial charge in [-0.1, -0.05) is 51.1 Å². The van der Waals surface area contributed by atoms with Gasteiger partial charge in [0, 0.05) is 12.0 Å². The molecule has 28 heavy (non-hydrogen) atoms. The van der Waals surface area contributed by atoms with Gasteiger partial charge in [0.15, 0.2) is 0 Å². The normalized spacial score (nSPS) is 22.2. The van der Waals surface area contributed by atoms with E-state index in [1.54, 1.807) is 7.11 Å². The van der Waals surface area contributed by atoms with Gasteiger partial charge in [-0.2, -0.15) is 0 Å². The van der Waals surface area contributed by atoms with Gasteiger partial charge < -0.3 is 9.47 Å². The van der Waals surface area contributed by atoms with E-state index in [0.717, 1.165) is 35.5 Å². The van der Waals surface area contributed by atoms with E-state index in [2.05, 4.69) is 52.5 Å². The SMILES string of the molecule is C=C(C)CC1Oc2cccc(OC)c2-c2ccc3c(c21)[C@@H](C)CC(C)(C)CC3. The minimum absolute atomic E-state index is 0.0192. The Morgan fingerprint density at radius 2 is 2.00 bits per heavy atom. The van der Waals surface area contributed by atoms with Crippen LogP contribution in [-0.4, -0.2) is 7.11 Å². The molecule has 2 atom stereocenters. The van der Waals surface area contributed by atoms with Gasteiger partial charge >= 0.3 is 0 Å². The molecular weight excluding hydrogens is 344 g/mol. The van der Waals surface area contributed by atoms with Crippen molar-refractivity contribution in [1.82, 2.24) is 0 Å². The molecule has 0 bridgehead atoms. The minimum atomic E-state index is 0.0192. The molecule has 0 saturated heterocycles. The van der Waals surface area contributed by atoms with E-state index >= 15 is 0 Å². The second-order valence-corrected chi connectivity index (χ2v) is 9.47. The third kappa shape index (κ3) is 3.23. The maximum absolute atomic E-state index is 6.58. The van der Waals surface area contributed by atoms with Crippen molar-refractivity contribution in [3.63, 3.8) is 0 Å². The lowest BCUT2D eigenvalue weighted by Crippen LogP contribution is -2.19. The number of rotatable bonds is 3. The Hall–Kier alpha value is -2.22. The minimum Gasteiger partial charge on any atom is -0.496 e. The lowest BCUT2D eigenvalue weighted by Gasteiger charge is -2.34. The number of benzene rings is 2. The first-order valence-electron chi connectivity index (χ1n) is 10.4. The van der Waals surface area contributed by atoms with E-state index in [1.165, 1.54) is 35.1 Å². The quantitative estimate of drug-likeness (QED) is 0.415. The van der Waals surface area contributed by atoms with Crippen LogP contribution in [0.25, 0.3) is 11.1 Å². The summed E-state index contributed by atoms with van der Waals surface area (Å²) in [7, 11) is 1.74. The highest BCUT2D eigenvalue weighted by molar-refractivity contribution is 5.82. The van der Waals surface area contributed by atoms with Crippen molar-refractivity contribution in [3.05, 3.63) is 59.2 Å². The molecular formula is C26H32O2. The zero-order chi connectivity index (χ0) is 20.1. The predicted molar refractivity (Wildman–Crippen MR) is 116 cm³/mol. The third-order valence-corrected chi connectivity index (χ3v) is 6.40. The van der Waals surface area contributed by atoms with Crippen LogP contribution in [-0.2, 0) is 6.42 Å². The van der Waals surface area contributed by atoms with Gasteiger partial charge in [0.25, 0.3) is 0 Å². The summed E-state index contributed by atoms with van der Waals surface area (Å²) in [6, 6.07) is 10.8. The summed E-state index contributed by atoms with van der Waals surface area (Å²) in [5.74, 6) is 2.31. The van der Waals surface area contributed by atoms with Crippen LogP contribution in [0, 0.1) is 5.41 Å².